The fourth-order valence-electron chi connectivity index (χ4n) is 0.958. The highest BCUT2D eigenvalue weighted by atomic mass is 19.3. The number of halogens is 3. The molecule has 0 spiro atoms. The lowest BCUT2D eigenvalue weighted by atomic mass is 10.2. The molecule has 0 aliphatic rings. The molecule has 0 amide bonds. The van der Waals surface area contributed by atoms with Crippen LogP contribution in [0, 0.1) is 5.82 Å². The number of anilines is 1. The Kier molecular flexibility index (Phi) is 3.13. The first-order chi connectivity index (χ1) is 6.97. The molecule has 1 aromatic heterocycles. The van der Waals surface area contributed by atoms with Crippen LogP contribution >= 0.6 is 0 Å². The first-order valence-electron chi connectivity index (χ1n) is 3.79. The van der Waals surface area contributed by atoms with Crippen molar-refractivity contribution in [1.29, 1.82) is 0 Å². The maximum absolute atomic E-state index is 12.9. The van der Waals surface area contributed by atoms with Gasteiger partial charge < -0.3 is 10.5 Å². The first kappa shape index (κ1) is 11.3. The van der Waals surface area contributed by atoms with Crippen molar-refractivity contribution >= 4 is 11.8 Å². The third-order valence-corrected chi connectivity index (χ3v) is 1.64. The van der Waals surface area contributed by atoms with Crippen molar-refractivity contribution in [2.45, 2.75) is 6.43 Å². The van der Waals surface area contributed by atoms with Gasteiger partial charge in [0.05, 0.1) is 12.7 Å². The van der Waals surface area contributed by atoms with Crippen LogP contribution < -0.4 is 5.73 Å². The van der Waals surface area contributed by atoms with Crippen LogP contribution in [0.4, 0.5) is 19.0 Å². The van der Waals surface area contributed by atoms with Crippen LogP contribution in [0.25, 0.3) is 0 Å². The Morgan fingerprint density at radius 1 is 1.60 bits per heavy atom. The number of alkyl halides is 2. The zero-order chi connectivity index (χ0) is 11.6. The lowest BCUT2D eigenvalue weighted by Crippen LogP contribution is -2.11. The van der Waals surface area contributed by atoms with Crippen molar-refractivity contribution in [2.24, 2.45) is 0 Å². The quantitative estimate of drug-likeness (QED) is 0.767. The molecule has 0 atom stereocenters. The van der Waals surface area contributed by atoms with Crippen molar-refractivity contribution in [3.05, 3.63) is 23.1 Å². The molecule has 15 heavy (non-hydrogen) atoms. The molecule has 0 fully saturated rings. The monoisotopic (exact) mass is 220 g/mol. The largest absolute Gasteiger partial charge is 0.465 e. The van der Waals surface area contributed by atoms with Gasteiger partial charge in [-0.1, -0.05) is 0 Å². The molecule has 2 N–H and O–H groups in total. The number of nitrogens with two attached hydrogens (primary N) is 1. The normalized spacial score (nSPS) is 10.5. The molecule has 7 heteroatoms. The van der Waals surface area contributed by atoms with Crippen LogP contribution in [-0.2, 0) is 4.74 Å². The first-order valence-corrected chi connectivity index (χ1v) is 3.79. The Labute approximate surface area is 82.9 Å². The number of nitrogens with zero attached hydrogens (tertiary/aromatic N) is 1. The highest BCUT2D eigenvalue weighted by Gasteiger charge is 2.23. The number of carbonyl (C=O) groups excluding carboxylic acids is 1. The summed E-state index contributed by atoms with van der Waals surface area (Å²) in [5.41, 5.74) is 3.48. The van der Waals surface area contributed by atoms with Crippen LogP contribution in [-0.4, -0.2) is 18.1 Å². The van der Waals surface area contributed by atoms with Gasteiger partial charge in [0.25, 0.3) is 6.43 Å². The van der Waals surface area contributed by atoms with Crippen molar-refractivity contribution in [3.63, 3.8) is 0 Å². The Bertz CT molecular complexity index is 396. The van der Waals surface area contributed by atoms with E-state index in [-0.39, 0.29) is 0 Å². The molecular formula is C8H7F3N2O2. The van der Waals surface area contributed by atoms with E-state index in [0.717, 1.165) is 7.11 Å². The number of pyridine rings is 1. The summed E-state index contributed by atoms with van der Waals surface area (Å²) < 4.78 is 41.9. The summed E-state index contributed by atoms with van der Waals surface area (Å²) in [7, 11) is 0.992. The maximum atomic E-state index is 12.9. The topological polar surface area (TPSA) is 65.2 Å². The van der Waals surface area contributed by atoms with Gasteiger partial charge in [0.2, 0.25) is 0 Å². The lowest BCUT2D eigenvalue weighted by Gasteiger charge is -2.07. The smallest absolute Gasteiger partial charge is 0.340 e. The van der Waals surface area contributed by atoms with Crippen molar-refractivity contribution in [3.8, 4) is 0 Å². The third kappa shape index (κ3) is 2.17. The summed E-state index contributed by atoms with van der Waals surface area (Å²) in [6, 6.07) is 0.579. The van der Waals surface area contributed by atoms with Gasteiger partial charge in [-0.2, -0.15) is 0 Å². The number of hydrogen-bond donors (Lipinski definition) is 1. The summed E-state index contributed by atoms with van der Waals surface area (Å²) in [5, 5.41) is 0. The van der Waals surface area contributed by atoms with Crippen molar-refractivity contribution < 1.29 is 22.7 Å². The number of ether oxygens (including phenoxy) is 1. The second-order valence-corrected chi connectivity index (χ2v) is 2.58. The van der Waals surface area contributed by atoms with Gasteiger partial charge in [-0.05, 0) is 6.07 Å². The van der Waals surface area contributed by atoms with E-state index in [1.807, 2.05) is 0 Å². The second-order valence-electron chi connectivity index (χ2n) is 2.58. The van der Waals surface area contributed by atoms with E-state index in [2.05, 4.69) is 9.72 Å². The Morgan fingerprint density at radius 3 is 2.67 bits per heavy atom. The number of methoxy groups -OCH3 is 1. The summed E-state index contributed by atoms with van der Waals surface area (Å²) in [4.78, 5) is 14.1. The molecule has 4 nitrogen and oxygen atoms in total. The average molecular weight is 220 g/mol. The fraction of sp³-hybridized carbons (Fsp3) is 0.250. The SMILES string of the molecule is COC(=O)c1cc(F)c(N)nc1C(F)F. The predicted molar refractivity (Wildman–Crippen MR) is 44.9 cm³/mol. The van der Waals surface area contributed by atoms with E-state index in [0.29, 0.717) is 6.07 Å². The zero-order valence-electron chi connectivity index (χ0n) is 7.63. The molecule has 1 heterocycles. The maximum Gasteiger partial charge on any atom is 0.340 e. The van der Waals surface area contributed by atoms with Crippen LogP contribution in [0.5, 0.6) is 0 Å². The van der Waals surface area contributed by atoms with E-state index < -0.39 is 35.3 Å². The van der Waals surface area contributed by atoms with E-state index in [1.54, 1.807) is 0 Å². The van der Waals surface area contributed by atoms with Crippen LogP contribution in [0.3, 0.4) is 0 Å². The van der Waals surface area contributed by atoms with Gasteiger partial charge in [-0.25, -0.2) is 22.9 Å². The molecule has 1 aromatic rings. The minimum absolute atomic E-state index is 0.579. The molecule has 0 aromatic carbocycles. The third-order valence-electron chi connectivity index (χ3n) is 1.64. The summed E-state index contributed by atoms with van der Waals surface area (Å²) in [6.45, 7) is 0. The second kappa shape index (κ2) is 4.16. The van der Waals surface area contributed by atoms with Gasteiger partial charge >= 0.3 is 5.97 Å². The summed E-state index contributed by atoms with van der Waals surface area (Å²) in [5.74, 6) is -2.81. The van der Waals surface area contributed by atoms with Crippen molar-refractivity contribution in [2.75, 3.05) is 12.8 Å². The van der Waals surface area contributed by atoms with Gasteiger partial charge in [0.15, 0.2) is 11.6 Å². The molecule has 0 saturated carbocycles. The average Bonchev–Trinajstić information content (AvgIpc) is 2.20. The van der Waals surface area contributed by atoms with Gasteiger partial charge in [0.1, 0.15) is 5.69 Å². The number of carbonyl (C=O) groups is 1. The van der Waals surface area contributed by atoms with Crippen LogP contribution in [0.1, 0.15) is 22.5 Å². The molecule has 1 rings (SSSR count). The molecule has 0 bridgehead atoms. The number of rotatable bonds is 2. The molecule has 0 radical (unpaired) electrons. The van der Waals surface area contributed by atoms with Gasteiger partial charge in [0, 0.05) is 0 Å². The van der Waals surface area contributed by atoms with Crippen LogP contribution in [0.15, 0.2) is 6.07 Å². The molecule has 0 aliphatic carbocycles. The highest BCUT2D eigenvalue weighted by molar-refractivity contribution is 5.90. The number of hydrogen-bond acceptors (Lipinski definition) is 4. The molecule has 82 valence electrons. The summed E-state index contributed by atoms with van der Waals surface area (Å²) >= 11 is 0. The minimum Gasteiger partial charge on any atom is -0.465 e. The summed E-state index contributed by atoms with van der Waals surface area (Å²) in [6.07, 6.45) is -3.03. The number of nitrogen functional groups attached to an aromatic ring is 1. The Morgan fingerprint density at radius 2 is 2.20 bits per heavy atom. The van der Waals surface area contributed by atoms with Crippen molar-refractivity contribution in [1.82, 2.24) is 4.98 Å². The van der Waals surface area contributed by atoms with Gasteiger partial charge in [-0.3, -0.25) is 0 Å². The lowest BCUT2D eigenvalue weighted by molar-refractivity contribution is 0.0586. The van der Waals surface area contributed by atoms with E-state index in [4.69, 9.17) is 5.73 Å². The fourth-order valence-corrected chi connectivity index (χ4v) is 0.958. The van der Waals surface area contributed by atoms with Gasteiger partial charge in [-0.15, -0.1) is 0 Å². The predicted octanol–water partition coefficient (Wildman–Crippen LogP) is 1.53. The molecule has 0 saturated heterocycles. The molecule has 0 unspecified atom stereocenters. The zero-order valence-corrected chi connectivity index (χ0v) is 7.63. The highest BCUT2D eigenvalue weighted by Crippen LogP contribution is 2.24. The Balaban J connectivity index is 3.34. The van der Waals surface area contributed by atoms with Crippen LogP contribution in [0.2, 0.25) is 0 Å². The number of aromatic nitrogens is 1. The molecular weight excluding hydrogens is 213 g/mol. The number of esters is 1. The standard InChI is InChI=1S/C8H7F3N2O2/c1-15-8(14)3-2-4(9)7(12)13-5(3)6(10)11/h2,6H,1H3,(H2,12,13). The van der Waals surface area contributed by atoms with E-state index >= 15 is 0 Å². The molecule has 0 aliphatic heterocycles. The minimum atomic E-state index is -3.03. The van der Waals surface area contributed by atoms with E-state index in [1.165, 1.54) is 0 Å². The Hall–Kier alpha value is -1.79. The van der Waals surface area contributed by atoms with E-state index in [9.17, 15) is 18.0 Å².